The standard InChI is InChI=1S/C4H3NOS2/c5-2-1-3-6-4(7)8/h1,3H,(H,7,8). The highest BCUT2D eigenvalue weighted by Gasteiger charge is 1.77. The molecule has 0 heterocycles. The average Bonchev–Trinajstić information content (AvgIpc) is 1.66. The summed E-state index contributed by atoms with van der Waals surface area (Å²) >= 11 is 8.01. The van der Waals surface area contributed by atoms with Crippen molar-refractivity contribution in [2.45, 2.75) is 0 Å². The third kappa shape index (κ3) is 5.47. The lowest BCUT2D eigenvalue weighted by Gasteiger charge is -1.87. The Bertz CT molecular complexity index is 147. The van der Waals surface area contributed by atoms with E-state index in [-0.39, 0.29) is 4.38 Å². The number of rotatable bonds is 1. The van der Waals surface area contributed by atoms with Crippen molar-refractivity contribution >= 4 is 29.2 Å². The van der Waals surface area contributed by atoms with Crippen molar-refractivity contribution in [3.05, 3.63) is 12.3 Å². The molecule has 42 valence electrons. The molecule has 0 atom stereocenters. The summed E-state index contributed by atoms with van der Waals surface area (Å²) in [5.41, 5.74) is 0. The molecule has 0 radical (unpaired) electrons. The summed E-state index contributed by atoms with van der Waals surface area (Å²) in [4.78, 5) is 0. The molecule has 0 aromatic heterocycles. The molecule has 0 aliphatic rings. The Balaban J connectivity index is 3.34. The average molecular weight is 145 g/mol. The van der Waals surface area contributed by atoms with Crippen molar-refractivity contribution in [1.29, 1.82) is 5.26 Å². The molecular formula is C4H3NOS2. The predicted molar refractivity (Wildman–Crippen MR) is 37.4 cm³/mol. The van der Waals surface area contributed by atoms with E-state index in [0.717, 1.165) is 0 Å². The van der Waals surface area contributed by atoms with Gasteiger partial charge in [-0.2, -0.15) is 5.26 Å². The fourth-order valence-corrected chi connectivity index (χ4v) is 0.239. The third-order valence-electron chi connectivity index (χ3n) is 0.311. The molecule has 0 N–H and O–H groups in total. The van der Waals surface area contributed by atoms with Crippen LogP contribution in [0.15, 0.2) is 12.3 Å². The molecule has 4 heteroatoms. The van der Waals surface area contributed by atoms with Crippen LogP contribution >= 0.6 is 24.8 Å². The van der Waals surface area contributed by atoms with Crippen LogP contribution in [0.3, 0.4) is 0 Å². The second-order valence-electron chi connectivity index (χ2n) is 0.816. The zero-order chi connectivity index (χ0) is 6.41. The van der Waals surface area contributed by atoms with E-state index < -0.39 is 0 Å². The van der Waals surface area contributed by atoms with Gasteiger partial charge in [-0.1, -0.05) is 12.6 Å². The highest BCUT2D eigenvalue weighted by atomic mass is 32.1. The number of hydrogen-bond donors (Lipinski definition) is 1. The predicted octanol–water partition coefficient (Wildman–Crippen LogP) is 1.25. The van der Waals surface area contributed by atoms with E-state index in [9.17, 15) is 0 Å². The van der Waals surface area contributed by atoms with E-state index in [2.05, 4.69) is 29.6 Å². The van der Waals surface area contributed by atoms with Crippen LogP contribution in [-0.4, -0.2) is 4.38 Å². The quantitative estimate of drug-likeness (QED) is 0.261. The first-order valence-corrected chi connectivity index (χ1v) is 2.57. The Morgan fingerprint density at radius 2 is 2.50 bits per heavy atom. The summed E-state index contributed by atoms with van der Waals surface area (Å²) in [6, 6.07) is 1.72. The van der Waals surface area contributed by atoms with Crippen molar-refractivity contribution in [2.75, 3.05) is 0 Å². The molecule has 0 bridgehead atoms. The minimum Gasteiger partial charge on any atom is -0.447 e. The normalized spacial score (nSPS) is 8.50. The first-order chi connectivity index (χ1) is 3.77. The van der Waals surface area contributed by atoms with E-state index in [1.807, 2.05) is 0 Å². The number of thiol groups is 1. The van der Waals surface area contributed by atoms with Gasteiger partial charge >= 0.3 is 0 Å². The Hall–Kier alpha value is -0.530. The molecule has 0 fully saturated rings. The largest absolute Gasteiger partial charge is 0.447 e. The van der Waals surface area contributed by atoms with Gasteiger partial charge in [0.05, 0.1) is 12.1 Å². The van der Waals surface area contributed by atoms with Gasteiger partial charge in [-0.05, 0) is 12.2 Å². The SMILES string of the molecule is N#CC=COC(=S)S. The van der Waals surface area contributed by atoms with Crippen LogP contribution in [0.4, 0.5) is 0 Å². The van der Waals surface area contributed by atoms with Crippen molar-refractivity contribution in [3.63, 3.8) is 0 Å². The lowest BCUT2D eigenvalue weighted by atomic mass is 10.7. The van der Waals surface area contributed by atoms with E-state index in [4.69, 9.17) is 5.26 Å². The Morgan fingerprint density at radius 1 is 1.88 bits per heavy atom. The summed E-state index contributed by atoms with van der Waals surface area (Å²) in [7, 11) is 0. The van der Waals surface area contributed by atoms with Gasteiger partial charge in [0.15, 0.2) is 0 Å². The molecule has 0 aliphatic heterocycles. The van der Waals surface area contributed by atoms with Gasteiger partial charge in [0, 0.05) is 0 Å². The summed E-state index contributed by atoms with van der Waals surface area (Å²) in [5.74, 6) is 0. The molecule has 0 aliphatic carbocycles. The van der Waals surface area contributed by atoms with Crippen LogP contribution in [0.5, 0.6) is 0 Å². The van der Waals surface area contributed by atoms with Crippen molar-refractivity contribution in [3.8, 4) is 6.07 Å². The van der Waals surface area contributed by atoms with Crippen molar-refractivity contribution in [1.82, 2.24) is 0 Å². The zero-order valence-corrected chi connectivity index (χ0v) is 5.58. The fraction of sp³-hybridized carbons (Fsp3) is 0. The van der Waals surface area contributed by atoms with Gasteiger partial charge < -0.3 is 4.74 Å². The van der Waals surface area contributed by atoms with Gasteiger partial charge in [-0.3, -0.25) is 0 Å². The van der Waals surface area contributed by atoms with Crippen molar-refractivity contribution in [2.24, 2.45) is 0 Å². The lowest BCUT2D eigenvalue weighted by molar-refractivity contribution is 0.499. The van der Waals surface area contributed by atoms with Gasteiger partial charge in [0.25, 0.3) is 0 Å². The molecule has 0 saturated heterocycles. The molecule has 0 rings (SSSR count). The van der Waals surface area contributed by atoms with Crippen LogP contribution in [0, 0.1) is 11.3 Å². The number of allylic oxidation sites excluding steroid dienone is 1. The topological polar surface area (TPSA) is 33.0 Å². The first-order valence-electron chi connectivity index (χ1n) is 1.71. The van der Waals surface area contributed by atoms with Crippen LogP contribution < -0.4 is 0 Å². The maximum absolute atomic E-state index is 7.89. The molecule has 2 nitrogen and oxygen atoms in total. The van der Waals surface area contributed by atoms with E-state index in [0.29, 0.717) is 0 Å². The molecule has 0 unspecified atom stereocenters. The smallest absolute Gasteiger partial charge is 0.221 e. The molecule has 0 aromatic carbocycles. The van der Waals surface area contributed by atoms with Gasteiger partial charge in [0.1, 0.15) is 6.26 Å². The van der Waals surface area contributed by atoms with Gasteiger partial charge in [-0.15, -0.1) is 0 Å². The summed E-state index contributed by atoms with van der Waals surface area (Å²) in [6.07, 6.45) is 2.35. The van der Waals surface area contributed by atoms with Gasteiger partial charge in [0.2, 0.25) is 4.38 Å². The molecule has 0 amide bonds. The van der Waals surface area contributed by atoms with Crippen LogP contribution in [0.2, 0.25) is 0 Å². The van der Waals surface area contributed by atoms with E-state index in [1.165, 1.54) is 12.3 Å². The lowest BCUT2D eigenvalue weighted by Crippen LogP contribution is -1.80. The minimum atomic E-state index is 0.108. The third-order valence-corrected chi connectivity index (χ3v) is 0.513. The van der Waals surface area contributed by atoms with Crippen LogP contribution in [-0.2, 0) is 4.74 Å². The van der Waals surface area contributed by atoms with Crippen molar-refractivity contribution < 1.29 is 4.74 Å². The Kier molecular flexibility index (Phi) is 4.32. The highest BCUT2D eigenvalue weighted by Crippen LogP contribution is 1.86. The second kappa shape index (κ2) is 4.62. The molecular weight excluding hydrogens is 142 g/mol. The zero-order valence-electron chi connectivity index (χ0n) is 3.87. The maximum atomic E-state index is 7.89. The first kappa shape index (κ1) is 7.47. The van der Waals surface area contributed by atoms with E-state index in [1.54, 1.807) is 6.07 Å². The Morgan fingerprint density at radius 3 is 2.88 bits per heavy atom. The van der Waals surface area contributed by atoms with E-state index >= 15 is 0 Å². The molecule has 0 saturated carbocycles. The second-order valence-corrected chi connectivity index (χ2v) is 1.90. The minimum absolute atomic E-state index is 0.108. The number of thiocarbonyl (C=S) groups is 1. The number of nitrogens with zero attached hydrogens (tertiary/aromatic N) is 1. The van der Waals surface area contributed by atoms with Crippen LogP contribution in [0.25, 0.3) is 0 Å². The van der Waals surface area contributed by atoms with Gasteiger partial charge in [-0.25, -0.2) is 0 Å². The number of nitriles is 1. The molecule has 8 heavy (non-hydrogen) atoms. The Labute approximate surface area is 58.2 Å². The molecule has 0 aromatic rings. The fourth-order valence-electron chi connectivity index (χ4n) is 0.123. The molecule has 0 spiro atoms. The maximum Gasteiger partial charge on any atom is 0.221 e. The summed E-state index contributed by atoms with van der Waals surface area (Å²) in [5, 5.41) is 7.89. The summed E-state index contributed by atoms with van der Waals surface area (Å²) in [6.45, 7) is 0. The van der Waals surface area contributed by atoms with Crippen LogP contribution in [0.1, 0.15) is 0 Å². The number of ether oxygens (including phenoxy) is 1. The monoisotopic (exact) mass is 145 g/mol. The summed E-state index contributed by atoms with van der Waals surface area (Å²) < 4.78 is 4.58. The highest BCUT2D eigenvalue weighted by molar-refractivity contribution is 8.10. The number of hydrogen-bond acceptors (Lipinski definition) is 3.